The lowest BCUT2D eigenvalue weighted by Gasteiger charge is -2.11. The molecule has 88 valence electrons. The maximum Gasteiger partial charge on any atom is 0.123 e. The fraction of sp³-hybridized carbons (Fsp3) is 0.364. The summed E-state index contributed by atoms with van der Waals surface area (Å²) in [6, 6.07) is 5.32. The van der Waals surface area contributed by atoms with Crippen molar-refractivity contribution in [1.29, 1.82) is 5.41 Å². The second-order valence-corrected chi connectivity index (χ2v) is 5.15. The molecule has 0 aliphatic heterocycles. The molecule has 1 aromatic rings. The van der Waals surface area contributed by atoms with Crippen LogP contribution in [0.4, 0.5) is 0 Å². The zero-order valence-corrected chi connectivity index (χ0v) is 10.6. The van der Waals surface area contributed by atoms with E-state index in [9.17, 15) is 0 Å². The van der Waals surface area contributed by atoms with Gasteiger partial charge in [0.2, 0.25) is 0 Å². The Kier molecular flexibility index (Phi) is 5.12. The van der Waals surface area contributed by atoms with E-state index in [-0.39, 0.29) is 18.4 Å². The highest BCUT2D eigenvalue weighted by Crippen LogP contribution is 2.27. The Morgan fingerprint density at radius 1 is 1.62 bits per heavy atom. The highest BCUT2D eigenvalue weighted by atomic mass is 35.5. The number of benzene rings is 1. The second kappa shape index (κ2) is 6.13. The van der Waals surface area contributed by atoms with Crippen LogP contribution in [0.2, 0.25) is 5.02 Å². The van der Waals surface area contributed by atoms with Crippen LogP contribution in [-0.2, 0) is 0 Å². The Labute approximate surface area is 105 Å². The second-order valence-electron chi connectivity index (χ2n) is 3.65. The van der Waals surface area contributed by atoms with Gasteiger partial charge in [-0.2, -0.15) is 0 Å². The summed E-state index contributed by atoms with van der Waals surface area (Å²) in [5.74, 6) is 1.03. The van der Waals surface area contributed by atoms with Crippen molar-refractivity contribution in [2.75, 3.05) is 12.4 Å². The Morgan fingerprint density at radius 2 is 2.31 bits per heavy atom. The Balaban J connectivity index is 2.82. The molecule has 0 bridgehead atoms. The van der Waals surface area contributed by atoms with Crippen LogP contribution in [0.5, 0.6) is 0 Å². The van der Waals surface area contributed by atoms with Crippen LogP contribution in [0.25, 0.3) is 0 Å². The third-order valence-corrected chi connectivity index (χ3v) is 3.70. The summed E-state index contributed by atoms with van der Waals surface area (Å²) < 4.78 is 0. The lowest BCUT2D eigenvalue weighted by Crippen LogP contribution is -2.13. The first kappa shape index (κ1) is 13.4. The van der Waals surface area contributed by atoms with Crippen LogP contribution in [0.3, 0.4) is 0 Å². The molecule has 0 saturated heterocycles. The van der Waals surface area contributed by atoms with Gasteiger partial charge in [0.25, 0.3) is 0 Å². The molecule has 0 aliphatic carbocycles. The van der Waals surface area contributed by atoms with Gasteiger partial charge in [-0.25, -0.2) is 0 Å². The normalized spacial score (nSPS) is 12.4. The number of nitrogen functional groups attached to an aromatic ring is 1. The van der Waals surface area contributed by atoms with Gasteiger partial charge in [-0.3, -0.25) is 5.41 Å². The molecule has 0 heterocycles. The average Bonchev–Trinajstić information content (AvgIpc) is 2.26. The Morgan fingerprint density at radius 3 is 2.88 bits per heavy atom. The average molecular weight is 259 g/mol. The van der Waals surface area contributed by atoms with Gasteiger partial charge in [0, 0.05) is 27.8 Å². The van der Waals surface area contributed by atoms with Gasteiger partial charge in [0.05, 0.1) is 0 Å². The first-order valence-corrected chi connectivity index (χ1v) is 6.28. The molecular weight excluding hydrogens is 244 g/mol. The molecule has 1 aromatic carbocycles. The number of hydrogen-bond acceptors (Lipinski definition) is 3. The van der Waals surface area contributed by atoms with Crippen molar-refractivity contribution in [3.63, 3.8) is 0 Å². The van der Waals surface area contributed by atoms with E-state index in [1.807, 2.05) is 13.0 Å². The van der Waals surface area contributed by atoms with Crippen molar-refractivity contribution >= 4 is 29.2 Å². The molecule has 1 unspecified atom stereocenters. The smallest absolute Gasteiger partial charge is 0.123 e. The maximum absolute atomic E-state index is 8.93. The lowest BCUT2D eigenvalue weighted by molar-refractivity contribution is 0.250. The first-order chi connectivity index (χ1) is 7.54. The van der Waals surface area contributed by atoms with Gasteiger partial charge in [-0.15, -0.1) is 11.8 Å². The zero-order valence-electron chi connectivity index (χ0n) is 9.03. The summed E-state index contributed by atoms with van der Waals surface area (Å²) in [5, 5.41) is 17.0. The maximum atomic E-state index is 8.93. The standard InChI is InChI=1S/C11H15ClN2OS/c1-7(5-15)6-16-10-3-2-8(12)4-9(10)11(13)14/h2-4,7,15H,5-6H2,1H3,(H3,13,14). The molecule has 0 spiro atoms. The van der Waals surface area contributed by atoms with Gasteiger partial charge in [-0.1, -0.05) is 18.5 Å². The largest absolute Gasteiger partial charge is 0.396 e. The van der Waals surface area contributed by atoms with Crippen molar-refractivity contribution in [3.05, 3.63) is 28.8 Å². The number of amidine groups is 1. The van der Waals surface area contributed by atoms with Crippen LogP contribution < -0.4 is 5.73 Å². The SMILES string of the molecule is CC(CO)CSc1ccc(Cl)cc1C(=N)N. The molecule has 3 nitrogen and oxygen atoms in total. The summed E-state index contributed by atoms with van der Waals surface area (Å²) in [6.45, 7) is 2.13. The molecule has 1 atom stereocenters. The van der Waals surface area contributed by atoms with Gasteiger partial charge < -0.3 is 10.8 Å². The van der Waals surface area contributed by atoms with Gasteiger partial charge >= 0.3 is 0 Å². The summed E-state index contributed by atoms with van der Waals surface area (Å²) >= 11 is 7.43. The van der Waals surface area contributed by atoms with Crippen LogP contribution >= 0.6 is 23.4 Å². The zero-order chi connectivity index (χ0) is 12.1. The lowest BCUT2D eigenvalue weighted by atomic mass is 10.2. The minimum absolute atomic E-state index is 0.0154. The third kappa shape index (κ3) is 3.70. The molecule has 5 heteroatoms. The van der Waals surface area contributed by atoms with Crippen molar-refractivity contribution in [2.24, 2.45) is 11.7 Å². The predicted molar refractivity (Wildman–Crippen MR) is 69.4 cm³/mol. The van der Waals surface area contributed by atoms with E-state index in [0.717, 1.165) is 10.6 Å². The monoisotopic (exact) mass is 258 g/mol. The van der Waals surface area contributed by atoms with E-state index in [2.05, 4.69) is 0 Å². The van der Waals surface area contributed by atoms with Gasteiger partial charge in [-0.05, 0) is 24.1 Å². The van der Waals surface area contributed by atoms with E-state index in [1.54, 1.807) is 23.9 Å². The van der Waals surface area contributed by atoms with E-state index in [0.29, 0.717) is 10.6 Å². The fourth-order valence-corrected chi connectivity index (χ4v) is 2.35. The molecular formula is C11H15ClN2OS. The molecule has 0 amide bonds. The highest BCUT2D eigenvalue weighted by molar-refractivity contribution is 7.99. The van der Waals surface area contributed by atoms with Crippen molar-refractivity contribution in [1.82, 2.24) is 0 Å². The van der Waals surface area contributed by atoms with E-state index in [1.165, 1.54) is 0 Å². The Bertz CT molecular complexity index is 384. The van der Waals surface area contributed by atoms with E-state index < -0.39 is 0 Å². The summed E-state index contributed by atoms with van der Waals surface area (Å²) in [6.07, 6.45) is 0. The van der Waals surface area contributed by atoms with Gasteiger partial charge in [0.15, 0.2) is 0 Å². The van der Waals surface area contributed by atoms with Crippen molar-refractivity contribution in [2.45, 2.75) is 11.8 Å². The predicted octanol–water partition coefficient (Wildman–Crippen LogP) is 2.34. The van der Waals surface area contributed by atoms with Crippen molar-refractivity contribution in [3.8, 4) is 0 Å². The highest BCUT2D eigenvalue weighted by Gasteiger charge is 2.08. The molecule has 4 N–H and O–H groups in total. The minimum atomic E-state index is 0.0154. The number of aliphatic hydroxyl groups excluding tert-OH is 1. The third-order valence-electron chi connectivity index (χ3n) is 2.07. The summed E-state index contributed by atoms with van der Waals surface area (Å²) in [4.78, 5) is 0.928. The molecule has 0 fully saturated rings. The fourth-order valence-electron chi connectivity index (χ4n) is 1.12. The topological polar surface area (TPSA) is 70.1 Å². The number of nitrogens with one attached hydrogen (secondary N) is 1. The molecule has 0 aromatic heterocycles. The molecule has 0 radical (unpaired) electrons. The van der Waals surface area contributed by atoms with E-state index in [4.69, 9.17) is 27.9 Å². The molecule has 0 aliphatic rings. The molecule has 16 heavy (non-hydrogen) atoms. The number of hydrogen-bond donors (Lipinski definition) is 3. The van der Waals surface area contributed by atoms with Crippen molar-refractivity contribution < 1.29 is 5.11 Å². The summed E-state index contributed by atoms with van der Waals surface area (Å²) in [5.41, 5.74) is 6.14. The van der Waals surface area contributed by atoms with E-state index >= 15 is 0 Å². The number of rotatable bonds is 5. The van der Waals surface area contributed by atoms with Crippen LogP contribution in [0.15, 0.2) is 23.1 Å². The molecule has 1 rings (SSSR count). The van der Waals surface area contributed by atoms with Crippen LogP contribution in [0.1, 0.15) is 12.5 Å². The number of aliphatic hydroxyl groups is 1. The van der Waals surface area contributed by atoms with Crippen LogP contribution in [0, 0.1) is 11.3 Å². The number of halogens is 1. The Hall–Kier alpha value is -0.710. The minimum Gasteiger partial charge on any atom is -0.396 e. The number of thioether (sulfide) groups is 1. The van der Waals surface area contributed by atoms with Crippen LogP contribution in [-0.4, -0.2) is 23.3 Å². The quantitative estimate of drug-likeness (QED) is 0.431. The first-order valence-electron chi connectivity index (χ1n) is 4.92. The summed E-state index contributed by atoms with van der Waals surface area (Å²) in [7, 11) is 0. The van der Waals surface area contributed by atoms with Gasteiger partial charge in [0.1, 0.15) is 5.84 Å². The molecule has 0 saturated carbocycles. The number of nitrogens with two attached hydrogens (primary N) is 1.